The van der Waals surface area contributed by atoms with Crippen molar-refractivity contribution >= 4 is 22.5 Å². The van der Waals surface area contributed by atoms with E-state index < -0.39 is 0 Å². The molecule has 0 spiro atoms. The van der Waals surface area contributed by atoms with E-state index in [9.17, 15) is 0 Å². The van der Waals surface area contributed by atoms with Crippen molar-refractivity contribution in [2.24, 2.45) is 5.73 Å². The molecule has 0 amide bonds. The summed E-state index contributed by atoms with van der Waals surface area (Å²) >= 11 is 5.90. The van der Waals surface area contributed by atoms with Gasteiger partial charge in [0.25, 0.3) is 0 Å². The standard InChI is InChI=1S/C16H13ClN2/c17-13-8-6-11(7-9-13)15(18)14-5-1-3-12-4-2-10-19-16(12)14/h1-10,15H,18H2. The van der Waals surface area contributed by atoms with Gasteiger partial charge in [-0.2, -0.15) is 0 Å². The molecule has 0 fully saturated rings. The zero-order chi connectivity index (χ0) is 13.2. The van der Waals surface area contributed by atoms with Crippen LogP contribution in [0, 0.1) is 0 Å². The van der Waals surface area contributed by atoms with Crippen LogP contribution in [0.4, 0.5) is 0 Å². The quantitative estimate of drug-likeness (QED) is 0.765. The van der Waals surface area contributed by atoms with E-state index in [1.807, 2.05) is 54.6 Å². The number of hydrogen-bond acceptors (Lipinski definition) is 2. The van der Waals surface area contributed by atoms with Crippen molar-refractivity contribution in [3.8, 4) is 0 Å². The van der Waals surface area contributed by atoms with Crippen molar-refractivity contribution in [1.29, 1.82) is 0 Å². The van der Waals surface area contributed by atoms with Crippen molar-refractivity contribution in [1.82, 2.24) is 4.98 Å². The maximum absolute atomic E-state index is 6.35. The number of benzene rings is 2. The highest BCUT2D eigenvalue weighted by Crippen LogP contribution is 2.26. The first-order chi connectivity index (χ1) is 9.25. The van der Waals surface area contributed by atoms with Crippen LogP contribution in [0.2, 0.25) is 5.02 Å². The number of fused-ring (bicyclic) bond motifs is 1. The Labute approximate surface area is 116 Å². The fourth-order valence-electron chi connectivity index (χ4n) is 2.23. The molecule has 3 rings (SSSR count). The summed E-state index contributed by atoms with van der Waals surface area (Å²) in [5, 5.41) is 1.82. The van der Waals surface area contributed by atoms with Gasteiger partial charge in [0, 0.05) is 16.6 Å². The second-order valence-electron chi connectivity index (χ2n) is 4.45. The molecule has 1 unspecified atom stereocenters. The minimum Gasteiger partial charge on any atom is -0.320 e. The molecule has 3 aromatic rings. The van der Waals surface area contributed by atoms with E-state index in [4.69, 9.17) is 17.3 Å². The lowest BCUT2D eigenvalue weighted by molar-refractivity contribution is 0.877. The minimum atomic E-state index is -0.198. The van der Waals surface area contributed by atoms with Crippen molar-refractivity contribution in [2.45, 2.75) is 6.04 Å². The summed E-state index contributed by atoms with van der Waals surface area (Å²) in [5.41, 5.74) is 9.36. The zero-order valence-corrected chi connectivity index (χ0v) is 11.0. The lowest BCUT2D eigenvalue weighted by Crippen LogP contribution is -2.12. The van der Waals surface area contributed by atoms with Crippen LogP contribution in [-0.4, -0.2) is 4.98 Å². The van der Waals surface area contributed by atoms with Gasteiger partial charge < -0.3 is 5.73 Å². The Morgan fingerprint density at radius 3 is 2.47 bits per heavy atom. The maximum atomic E-state index is 6.35. The molecule has 0 radical (unpaired) electrons. The van der Waals surface area contributed by atoms with Crippen LogP contribution >= 0.6 is 11.6 Å². The Balaban J connectivity index is 2.11. The Morgan fingerprint density at radius 2 is 1.68 bits per heavy atom. The minimum absolute atomic E-state index is 0.198. The number of para-hydroxylation sites is 1. The molecular weight excluding hydrogens is 256 g/mol. The number of rotatable bonds is 2. The predicted molar refractivity (Wildman–Crippen MR) is 79.2 cm³/mol. The number of nitrogens with zero attached hydrogens (tertiary/aromatic N) is 1. The molecule has 0 aliphatic heterocycles. The number of nitrogens with two attached hydrogens (primary N) is 1. The third-order valence-corrected chi connectivity index (χ3v) is 3.48. The summed E-state index contributed by atoms with van der Waals surface area (Å²) in [6.07, 6.45) is 1.79. The van der Waals surface area contributed by atoms with Crippen molar-refractivity contribution in [2.75, 3.05) is 0 Å². The molecular formula is C16H13ClN2. The van der Waals surface area contributed by atoms with Gasteiger partial charge in [-0.25, -0.2) is 0 Å². The number of hydrogen-bond donors (Lipinski definition) is 1. The van der Waals surface area contributed by atoms with Crippen molar-refractivity contribution in [3.05, 3.63) is 76.9 Å². The van der Waals surface area contributed by atoms with Crippen LogP contribution in [0.1, 0.15) is 17.2 Å². The van der Waals surface area contributed by atoms with Crippen LogP contribution in [-0.2, 0) is 0 Å². The van der Waals surface area contributed by atoms with Crippen LogP contribution in [0.15, 0.2) is 60.8 Å². The summed E-state index contributed by atoms with van der Waals surface area (Å²) in [6, 6.07) is 17.5. The molecule has 1 atom stereocenters. The van der Waals surface area contributed by atoms with Crippen molar-refractivity contribution in [3.63, 3.8) is 0 Å². The summed E-state index contributed by atoms with van der Waals surface area (Å²) in [4.78, 5) is 4.44. The highest BCUT2D eigenvalue weighted by molar-refractivity contribution is 6.30. The molecule has 94 valence electrons. The van der Waals surface area contributed by atoms with E-state index in [0.717, 1.165) is 22.0 Å². The van der Waals surface area contributed by atoms with Crippen molar-refractivity contribution < 1.29 is 0 Å². The Bertz CT molecular complexity index is 702. The molecule has 1 aromatic heterocycles. The topological polar surface area (TPSA) is 38.9 Å². The van der Waals surface area contributed by atoms with Gasteiger partial charge in [0.1, 0.15) is 0 Å². The van der Waals surface area contributed by atoms with Crippen LogP contribution < -0.4 is 5.73 Å². The third kappa shape index (κ3) is 2.33. The average molecular weight is 269 g/mol. The highest BCUT2D eigenvalue weighted by atomic mass is 35.5. The van der Waals surface area contributed by atoms with Crippen LogP contribution in [0.5, 0.6) is 0 Å². The molecule has 0 bridgehead atoms. The fourth-order valence-corrected chi connectivity index (χ4v) is 2.35. The summed E-state index contributed by atoms with van der Waals surface area (Å²) in [7, 11) is 0. The van der Waals surface area contributed by atoms with E-state index in [0.29, 0.717) is 5.02 Å². The molecule has 19 heavy (non-hydrogen) atoms. The molecule has 2 N–H and O–H groups in total. The first kappa shape index (κ1) is 12.2. The number of pyridine rings is 1. The molecule has 0 saturated carbocycles. The molecule has 0 saturated heterocycles. The number of halogens is 1. The van der Waals surface area contributed by atoms with E-state index in [1.54, 1.807) is 6.20 Å². The SMILES string of the molecule is NC(c1ccc(Cl)cc1)c1cccc2cccnc12. The molecule has 2 aromatic carbocycles. The van der Waals surface area contributed by atoms with Gasteiger partial charge in [-0.1, -0.05) is 48.0 Å². The smallest absolute Gasteiger partial charge is 0.0753 e. The van der Waals surface area contributed by atoms with E-state index in [-0.39, 0.29) is 6.04 Å². The maximum Gasteiger partial charge on any atom is 0.0753 e. The predicted octanol–water partition coefficient (Wildman–Crippen LogP) is 3.94. The second-order valence-corrected chi connectivity index (χ2v) is 4.89. The second kappa shape index (κ2) is 5.00. The summed E-state index contributed by atoms with van der Waals surface area (Å²) < 4.78 is 0. The first-order valence-corrected chi connectivity index (χ1v) is 6.48. The molecule has 3 heteroatoms. The van der Waals surface area contributed by atoms with Gasteiger partial charge in [-0.05, 0) is 29.3 Å². The van der Waals surface area contributed by atoms with Gasteiger partial charge in [-0.15, -0.1) is 0 Å². The molecule has 0 aliphatic rings. The van der Waals surface area contributed by atoms with Gasteiger partial charge in [-0.3, -0.25) is 4.98 Å². The fraction of sp³-hybridized carbons (Fsp3) is 0.0625. The zero-order valence-electron chi connectivity index (χ0n) is 10.3. The highest BCUT2D eigenvalue weighted by Gasteiger charge is 2.12. The van der Waals surface area contributed by atoms with Gasteiger partial charge in [0.05, 0.1) is 11.6 Å². The first-order valence-electron chi connectivity index (χ1n) is 6.10. The summed E-state index contributed by atoms with van der Waals surface area (Å²) in [6.45, 7) is 0. The molecule has 1 heterocycles. The van der Waals surface area contributed by atoms with Gasteiger partial charge in [0.2, 0.25) is 0 Å². The van der Waals surface area contributed by atoms with E-state index in [1.165, 1.54) is 0 Å². The normalized spacial score (nSPS) is 12.5. The Kier molecular flexibility index (Phi) is 3.20. The van der Waals surface area contributed by atoms with Crippen LogP contribution in [0.3, 0.4) is 0 Å². The Hall–Kier alpha value is -1.90. The largest absolute Gasteiger partial charge is 0.320 e. The summed E-state index contributed by atoms with van der Waals surface area (Å²) in [5.74, 6) is 0. The van der Waals surface area contributed by atoms with Gasteiger partial charge >= 0.3 is 0 Å². The number of aromatic nitrogens is 1. The van der Waals surface area contributed by atoms with Gasteiger partial charge in [0.15, 0.2) is 0 Å². The average Bonchev–Trinajstić information content (AvgIpc) is 2.47. The molecule has 0 aliphatic carbocycles. The lowest BCUT2D eigenvalue weighted by Gasteiger charge is -2.14. The van der Waals surface area contributed by atoms with E-state index in [2.05, 4.69) is 4.98 Å². The Morgan fingerprint density at radius 1 is 0.947 bits per heavy atom. The van der Waals surface area contributed by atoms with E-state index >= 15 is 0 Å². The van der Waals surface area contributed by atoms with Crippen LogP contribution in [0.25, 0.3) is 10.9 Å². The lowest BCUT2D eigenvalue weighted by atomic mass is 9.97. The monoisotopic (exact) mass is 268 g/mol. The molecule has 2 nitrogen and oxygen atoms in total. The third-order valence-electron chi connectivity index (χ3n) is 3.23.